The van der Waals surface area contributed by atoms with Crippen molar-refractivity contribution in [3.63, 3.8) is 0 Å². The van der Waals surface area contributed by atoms with Crippen molar-refractivity contribution in [1.82, 2.24) is 0 Å². The monoisotopic (exact) mass is 224 g/mol. The second-order valence-electron chi connectivity index (χ2n) is 0.545. The van der Waals surface area contributed by atoms with E-state index in [9.17, 15) is 0 Å². The molecule has 0 heterocycles. The van der Waals surface area contributed by atoms with Crippen LogP contribution in [0.5, 0.6) is 0 Å². The van der Waals surface area contributed by atoms with Crippen molar-refractivity contribution in [2.45, 2.75) is 4.84 Å². The summed E-state index contributed by atoms with van der Waals surface area (Å²) in [6.07, 6.45) is 0. The summed E-state index contributed by atoms with van der Waals surface area (Å²) in [4.78, 5) is -0.185. The molecule has 0 aliphatic carbocycles. The minimum absolute atomic E-state index is 0.185. The highest BCUT2D eigenvalue weighted by Crippen LogP contribution is 2.03. The lowest BCUT2D eigenvalue weighted by Crippen LogP contribution is -1.81. The third-order valence-electron chi connectivity index (χ3n) is 0.117. The summed E-state index contributed by atoms with van der Waals surface area (Å²) in [5, 5.41) is 0. The molecule has 32 valence electrons. The minimum Gasteiger partial charge on any atom is -0.105 e. The Labute approximate surface area is 55.0 Å². The molecule has 0 saturated carbocycles. The van der Waals surface area contributed by atoms with E-state index in [-0.39, 0.29) is 4.84 Å². The number of rotatable bonds is 1. The predicted octanol–water partition coefficient (Wildman–Crippen LogP) is 2.23. The SMILES string of the molecule is ClC(Cl)CI. The summed E-state index contributed by atoms with van der Waals surface area (Å²) in [6.45, 7) is 0. The lowest BCUT2D eigenvalue weighted by Gasteiger charge is -1.82. The minimum atomic E-state index is -0.185. The fourth-order valence-electron chi connectivity index (χ4n) is 0. The van der Waals surface area contributed by atoms with E-state index >= 15 is 0 Å². The molecule has 0 rings (SSSR count). The van der Waals surface area contributed by atoms with Crippen molar-refractivity contribution < 1.29 is 0 Å². The van der Waals surface area contributed by atoms with Crippen molar-refractivity contribution in [3.8, 4) is 0 Å². The molecule has 0 bridgehead atoms. The van der Waals surface area contributed by atoms with Gasteiger partial charge < -0.3 is 0 Å². The highest BCUT2D eigenvalue weighted by molar-refractivity contribution is 14.1. The van der Waals surface area contributed by atoms with Crippen molar-refractivity contribution in [3.05, 3.63) is 0 Å². The first-order chi connectivity index (χ1) is 2.27. The topological polar surface area (TPSA) is 0 Å². The standard InChI is InChI=1S/C2H3Cl2I/c3-2(4)1-5/h2H,1H2. The molecule has 0 saturated heterocycles. The number of hydrogen-bond acceptors (Lipinski definition) is 0. The first-order valence-electron chi connectivity index (χ1n) is 1.11. The number of alkyl halides is 3. The Morgan fingerprint density at radius 3 is 1.80 bits per heavy atom. The van der Waals surface area contributed by atoms with Crippen molar-refractivity contribution in [2.75, 3.05) is 4.43 Å². The van der Waals surface area contributed by atoms with E-state index in [0.717, 1.165) is 4.43 Å². The Bertz CT molecular complexity index is 21.6. The summed E-state index contributed by atoms with van der Waals surface area (Å²) in [6, 6.07) is 0. The molecule has 5 heavy (non-hydrogen) atoms. The molecule has 0 aromatic rings. The lowest BCUT2D eigenvalue weighted by atomic mass is 11.0. The van der Waals surface area contributed by atoms with Gasteiger partial charge in [-0.2, -0.15) is 0 Å². The molecule has 0 N–H and O–H groups in total. The Balaban J connectivity index is 2.54. The molecule has 0 unspecified atom stereocenters. The van der Waals surface area contributed by atoms with Gasteiger partial charge in [-0.15, -0.1) is 23.2 Å². The first-order valence-corrected chi connectivity index (χ1v) is 3.51. The van der Waals surface area contributed by atoms with Gasteiger partial charge in [-0.3, -0.25) is 0 Å². The molecule has 0 atom stereocenters. The zero-order chi connectivity index (χ0) is 4.28. The summed E-state index contributed by atoms with van der Waals surface area (Å²) < 4.78 is 0.806. The molecule has 0 nitrogen and oxygen atoms in total. The molecule has 3 heteroatoms. The van der Waals surface area contributed by atoms with E-state index in [2.05, 4.69) is 22.6 Å². The Hall–Kier alpha value is 1.31. The molecule has 0 fully saturated rings. The maximum absolute atomic E-state index is 5.22. The van der Waals surface area contributed by atoms with Crippen LogP contribution in [0.2, 0.25) is 0 Å². The van der Waals surface area contributed by atoms with Crippen LogP contribution in [0.15, 0.2) is 0 Å². The molecule has 0 amide bonds. The van der Waals surface area contributed by atoms with Crippen LogP contribution in [0.25, 0.3) is 0 Å². The van der Waals surface area contributed by atoms with Gasteiger partial charge in [0, 0.05) is 4.43 Å². The average molecular weight is 225 g/mol. The molecule has 0 spiro atoms. The van der Waals surface area contributed by atoms with Gasteiger partial charge in [-0.1, -0.05) is 22.6 Å². The quantitative estimate of drug-likeness (QED) is 0.474. The van der Waals surface area contributed by atoms with Crippen LogP contribution in [0.4, 0.5) is 0 Å². The smallest absolute Gasteiger partial charge is 0.105 e. The fraction of sp³-hybridized carbons (Fsp3) is 1.00. The van der Waals surface area contributed by atoms with E-state index in [1.54, 1.807) is 0 Å². The molecular weight excluding hydrogens is 222 g/mol. The maximum Gasteiger partial charge on any atom is 0.116 e. The zero-order valence-corrected chi connectivity index (χ0v) is 6.09. The van der Waals surface area contributed by atoms with E-state index in [1.165, 1.54) is 0 Å². The zero-order valence-electron chi connectivity index (χ0n) is 2.42. The summed E-state index contributed by atoms with van der Waals surface area (Å²) >= 11 is 12.6. The summed E-state index contributed by atoms with van der Waals surface area (Å²) in [5.74, 6) is 0. The predicted molar refractivity (Wildman–Crippen MR) is 34.4 cm³/mol. The van der Waals surface area contributed by atoms with E-state index in [4.69, 9.17) is 23.2 Å². The van der Waals surface area contributed by atoms with Gasteiger partial charge in [0.2, 0.25) is 0 Å². The maximum atomic E-state index is 5.22. The third-order valence-corrected chi connectivity index (χ3v) is 2.35. The van der Waals surface area contributed by atoms with Crippen molar-refractivity contribution >= 4 is 45.8 Å². The van der Waals surface area contributed by atoms with Gasteiger partial charge in [-0.25, -0.2) is 0 Å². The Morgan fingerprint density at radius 1 is 1.60 bits per heavy atom. The molecule has 0 aliphatic rings. The Kier molecular flexibility index (Phi) is 4.41. The van der Waals surface area contributed by atoms with Crippen LogP contribution < -0.4 is 0 Å². The molecular formula is C2H3Cl2I. The largest absolute Gasteiger partial charge is 0.116 e. The van der Waals surface area contributed by atoms with E-state index in [0.29, 0.717) is 0 Å². The molecule has 0 aliphatic heterocycles. The Morgan fingerprint density at radius 2 is 1.80 bits per heavy atom. The highest BCUT2D eigenvalue weighted by Gasteiger charge is 1.88. The van der Waals surface area contributed by atoms with E-state index < -0.39 is 0 Å². The lowest BCUT2D eigenvalue weighted by molar-refractivity contribution is 1.46. The molecule has 0 radical (unpaired) electrons. The van der Waals surface area contributed by atoms with E-state index in [1.807, 2.05) is 0 Å². The van der Waals surface area contributed by atoms with Gasteiger partial charge in [-0.05, 0) is 0 Å². The van der Waals surface area contributed by atoms with Crippen molar-refractivity contribution in [1.29, 1.82) is 0 Å². The summed E-state index contributed by atoms with van der Waals surface area (Å²) in [5.41, 5.74) is 0. The molecule has 0 aromatic heterocycles. The molecule has 0 aromatic carbocycles. The average Bonchev–Trinajstić information content (AvgIpc) is 1.38. The normalized spacial score (nSPS) is 9.60. The van der Waals surface area contributed by atoms with Crippen LogP contribution in [0, 0.1) is 0 Å². The van der Waals surface area contributed by atoms with Gasteiger partial charge in [0.1, 0.15) is 4.84 Å². The van der Waals surface area contributed by atoms with Gasteiger partial charge in [0.05, 0.1) is 0 Å². The number of halogens is 3. The van der Waals surface area contributed by atoms with Crippen LogP contribution in [-0.4, -0.2) is 9.26 Å². The first kappa shape index (κ1) is 6.31. The van der Waals surface area contributed by atoms with Crippen LogP contribution in [0.3, 0.4) is 0 Å². The van der Waals surface area contributed by atoms with Gasteiger partial charge in [0.15, 0.2) is 0 Å². The van der Waals surface area contributed by atoms with Crippen LogP contribution in [-0.2, 0) is 0 Å². The highest BCUT2D eigenvalue weighted by atomic mass is 127. The number of hydrogen-bond donors (Lipinski definition) is 0. The third kappa shape index (κ3) is 5.31. The fourth-order valence-corrected chi connectivity index (χ4v) is 0. The summed E-state index contributed by atoms with van der Waals surface area (Å²) in [7, 11) is 0. The van der Waals surface area contributed by atoms with Gasteiger partial charge >= 0.3 is 0 Å². The second-order valence-corrected chi connectivity index (χ2v) is 2.70. The second kappa shape index (κ2) is 3.50. The van der Waals surface area contributed by atoms with Crippen molar-refractivity contribution in [2.24, 2.45) is 0 Å². The van der Waals surface area contributed by atoms with Crippen LogP contribution in [0.1, 0.15) is 0 Å². The van der Waals surface area contributed by atoms with Gasteiger partial charge in [0.25, 0.3) is 0 Å². The van der Waals surface area contributed by atoms with Crippen LogP contribution >= 0.6 is 45.8 Å².